The van der Waals surface area contributed by atoms with Gasteiger partial charge >= 0.3 is 5.97 Å². The molecule has 0 amide bonds. The summed E-state index contributed by atoms with van der Waals surface area (Å²) in [6.07, 6.45) is 1.52. The molecular formula is C13H20N2O4S2. The lowest BCUT2D eigenvalue weighted by atomic mass is 10.2. The minimum Gasteiger partial charge on any atom is -0.477 e. The Morgan fingerprint density at radius 2 is 2.19 bits per heavy atom. The van der Waals surface area contributed by atoms with E-state index in [-0.39, 0.29) is 15.8 Å². The molecule has 6 nitrogen and oxygen atoms in total. The highest BCUT2D eigenvalue weighted by molar-refractivity contribution is 7.89. The van der Waals surface area contributed by atoms with E-state index in [0.717, 1.165) is 30.7 Å². The van der Waals surface area contributed by atoms with E-state index in [0.29, 0.717) is 13.1 Å². The number of hydrogen-bond donors (Lipinski definition) is 1. The van der Waals surface area contributed by atoms with Gasteiger partial charge in [0, 0.05) is 24.5 Å². The van der Waals surface area contributed by atoms with Crippen molar-refractivity contribution in [3.8, 4) is 0 Å². The number of sulfonamides is 1. The fourth-order valence-corrected chi connectivity index (χ4v) is 5.40. The summed E-state index contributed by atoms with van der Waals surface area (Å²) in [7, 11) is -1.64. The predicted molar refractivity (Wildman–Crippen MR) is 81.4 cm³/mol. The largest absolute Gasteiger partial charge is 0.477 e. The normalized spacial score (nSPS) is 22.1. The van der Waals surface area contributed by atoms with E-state index in [9.17, 15) is 13.2 Å². The fraction of sp³-hybridized carbons (Fsp3) is 0.615. The highest BCUT2D eigenvalue weighted by Gasteiger charge is 2.33. The van der Waals surface area contributed by atoms with Crippen LogP contribution in [-0.2, 0) is 10.0 Å². The van der Waals surface area contributed by atoms with Crippen LogP contribution in [-0.4, -0.2) is 61.4 Å². The van der Waals surface area contributed by atoms with Crippen molar-refractivity contribution in [3.05, 3.63) is 16.3 Å². The number of rotatable bonds is 4. The molecule has 1 N–H and O–H groups in total. The van der Waals surface area contributed by atoms with Crippen LogP contribution in [0.15, 0.2) is 16.3 Å². The van der Waals surface area contributed by atoms with Crippen molar-refractivity contribution in [3.63, 3.8) is 0 Å². The average molecular weight is 332 g/mol. The molecule has 0 aromatic carbocycles. The molecule has 2 heterocycles. The van der Waals surface area contributed by atoms with Gasteiger partial charge in [0.05, 0.1) is 4.90 Å². The lowest BCUT2D eigenvalue weighted by molar-refractivity contribution is 0.0702. The number of carbonyl (C=O) groups is 1. The number of nitrogens with zero attached hydrogens (tertiary/aromatic N) is 2. The lowest BCUT2D eigenvalue weighted by Gasteiger charge is -2.28. The number of aromatic carboxylic acids is 1. The quantitative estimate of drug-likeness (QED) is 0.905. The minimum atomic E-state index is -3.63. The van der Waals surface area contributed by atoms with E-state index >= 15 is 0 Å². The van der Waals surface area contributed by atoms with E-state index in [1.54, 1.807) is 0 Å². The summed E-state index contributed by atoms with van der Waals surface area (Å²) in [6, 6.07) is 1.18. The SMILES string of the molecule is CCC1CN(C)CCCN1S(=O)(=O)c1csc(C(=O)O)c1. The van der Waals surface area contributed by atoms with Crippen LogP contribution < -0.4 is 0 Å². The van der Waals surface area contributed by atoms with E-state index in [1.807, 2.05) is 14.0 Å². The van der Waals surface area contributed by atoms with Crippen molar-refractivity contribution in [2.24, 2.45) is 0 Å². The summed E-state index contributed by atoms with van der Waals surface area (Å²) in [5.74, 6) is -1.09. The van der Waals surface area contributed by atoms with Crippen LogP contribution in [0.3, 0.4) is 0 Å². The number of likely N-dealkylation sites (N-methyl/N-ethyl adjacent to an activating group) is 1. The molecule has 2 rings (SSSR count). The number of carboxylic acids is 1. The molecule has 0 bridgehead atoms. The van der Waals surface area contributed by atoms with Gasteiger partial charge in [-0.2, -0.15) is 4.31 Å². The third-order valence-corrected chi connectivity index (χ3v) is 6.71. The van der Waals surface area contributed by atoms with Gasteiger partial charge in [0.2, 0.25) is 10.0 Å². The molecule has 21 heavy (non-hydrogen) atoms. The molecule has 1 atom stereocenters. The van der Waals surface area contributed by atoms with Crippen molar-refractivity contribution in [2.45, 2.75) is 30.7 Å². The van der Waals surface area contributed by atoms with Gasteiger partial charge in [0.1, 0.15) is 4.88 Å². The number of thiophene rings is 1. The molecule has 0 spiro atoms. The average Bonchev–Trinajstić information content (AvgIpc) is 2.84. The van der Waals surface area contributed by atoms with Gasteiger partial charge in [-0.1, -0.05) is 6.92 Å². The molecule has 1 unspecified atom stereocenters. The van der Waals surface area contributed by atoms with Crippen molar-refractivity contribution < 1.29 is 18.3 Å². The monoisotopic (exact) mass is 332 g/mol. The first-order valence-corrected chi connectivity index (χ1v) is 9.20. The topological polar surface area (TPSA) is 77.9 Å². The second kappa shape index (κ2) is 6.43. The van der Waals surface area contributed by atoms with Crippen LogP contribution in [0.5, 0.6) is 0 Å². The molecule has 0 aliphatic carbocycles. The molecule has 1 aliphatic rings. The predicted octanol–water partition coefficient (Wildman–Crippen LogP) is 1.55. The summed E-state index contributed by atoms with van der Waals surface area (Å²) in [6.45, 7) is 4.02. The van der Waals surface area contributed by atoms with Crippen LogP contribution in [0.4, 0.5) is 0 Å². The number of carboxylic acid groups (broad SMARTS) is 1. The van der Waals surface area contributed by atoms with Gasteiger partial charge in [0.15, 0.2) is 0 Å². The van der Waals surface area contributed by atoms with E-state index in [4.69, 9.17) is 5.11 Å². The first-order chi connectivity index (χ1) is 9.86. The van der Waals surface area contributed by atoms with Crippen molar-refractivity contribution in [1.82, 2.24) is 9.21 Å². The maximum Gasteiger partial charge on any atom is 0.345 e. The van der Waals surface area contributed by atoms with Crippen molar-refractivity contribution >= 4 is 27.3 Å². The van der Waals surface area contributed by atoms with E-state index < -0.39 is 16.0 Å². The van der Waals surface area contributed by atoms with E-state index in [2.05, 4.69) is 4.90 Å². The van der Waals surface area contributed by atoms with Gasteiger partial charge in [-0.05, 0) is 32.5 Å². The first kappa shape index (κ1) is 16.4. The molecule has 1 saturated heterocycles. The van der Waals surface area contributed by atoms with Crippen molar-refractivity contribution in [1.29, 1.82) is 0 Å². The zero-order valence-electron chi connectivity index (χ0n) is 12.2. The van der Waals surface area contributed by atoms with Crippen LogP contribution in [0.1, 0.15) is 29.4 Å². The zero-order valence-corrected chi connectivity index (χ0v) is 13.8. The summed E-state index contributed by atoms with van der Waals surface area (Å²) >= 11 is 0.947. The standard InChI is InChI=1S/C13H20N2O4S2/c1-3-10-8-14(2)5-4-6-15(10)21(18,19)11-7-12(13(16)17)20-9-11/h7,9-10H,3-6,8H2,1-2H3,(H,16,17). The smallest absolute Gasteiger partial charge is 0.345 e. The Hall–Kier alpha value is -0.960. The number of hydrogen-bond acceptors (Lipinski definition) is 5. The molecule has 8 heteroatoms. The maximum absolute atomic E-state index is 12.8. The maximum atomic E-state index is 12.8. The van der Waals surface area contributed by atoms with Crippen LogP contribution in [0.2, 0.25) is 0 Å². The van der Waals surface area contributed by atoms with Crippen LogP contribution >= 0.6 is 11.3 Å². The Kier molecular flexibility index (Phi) is 5.03. The molecule has 1 aliphatic heterocycles. The molecule has 1 aromatic rings. The van der Waals surface area contributed by atoms with Gasteiger partial charge < -0.3 is 10.0 Å². The third-order valence-electron chi connectivity index (χ3n) is 3.71. The fourth-order valence-electron chi connectivity index (χ4n) is 2.57. The van der Waals surface area contributed by atoms with Gasteiger partial charge in [-0.3, -0.25) is 0 Å². The Labute approximate surface area is 129 Å². The zero-order chi connectivity index (χ0) is 15.6. The highest BCUT2D eigenvalue weighted by atomic mass is 32.2. The second-order valence-corrected chi connectivity index (χ2v) is 8.05. The van der Waals surface area contributed by atoms with Crippen LogP contribution in [0.25, 0.3) is 0 Å². The Balaban J connectivity index is 2.33. The molecule has 1 fully saturated rings. The third kappa shape index (κ3) is 3.45. The summed E-state index contributed by atoms with van der Waals surface area (Å²) in [5, 5.41) is 10.4. The molecular weight excluding hydrogens is 312 g/mol. The van der Waals surface area contributed by atoms with Crippen LogP contribution in [0, 0.1) is 0 Å². The first-order valence-electron chi connectivity index (χ1n) is 6.88. The summed E-state index contributed by atoms with van der Waals surface area (Å²) in [5.41, 5.74) is 0. The Morgan fingerprint density at radius 1 is 1.48 bits per heavy atom. The van der Waals surface area contributed by atoms with Gasteiger partial charge in [-0.15, -0.1) is 11.3 Å². The summed E-state index contributed by atoms with van der Waals surface area (Å²) < 4.78 is 27.1. The summed E-state index contributed by atoms with van der Waals surface area (Å²) in [4.78, 5) is 13.2. The second-order valence-electron chi connectivity index (χ2n) is 5.25. The Bertz CT molecular complexity index is 611. The van der Waals surface area contributed by atoms with Gasteiger partial charge in [-0.25, -0.2) is 13.2 Å². The molecule has 0 radical (unpaired) electrons. The van der Waals surface area contributed by atoms with Gasteiger partial charge in [0.25, 0.3) is 0 Å². The highest BCUT2D eigenvalue weighted by Crippen LogP contribution is 2.26. The van der Waals surface area contributed by atoms with E-state index in [1.165, 1.54) is 15.8 Å². The molecule has 118 valence electrons. The molecule has 1 aromatic heterocycles. The molecule has 0 saturated carbocycles. The van der Waals surface area contributed by atoms with Crippen molar-refractivity contribution in [2.75, 3.05) is 26.7 Å². The Morgan fingerprint density at radius 3 is 2.76 bits per heavy atom. The lowest BCUT2D eigenvalue weighted by Crippen LogP contribution is -2.43. The minimum absolute atomic E-state index is 0.0496.